The first-order chi connectivity index (χ1) is 7.60. The molecular weight excluding hydrogens is 228 g/mol. The second kappa shape index (κ2) is 4.35. The fourth-order valence-corrected chi connectivity index (χ4v) is 2.00. The van der Waals surface area contributed by atoms with Crippen LogP contribution >= 0.6 is 11.6 Å². The lowest BCUT2D eigenvalue weighted by Crippen LogP contribution is -2.27. The Hall–Kier alpha value is -1.20. The van der Waals surface area contributed by atoms with Gasteiger partial charge in [0.1, 0.15) is 5.15 Å². The van der Waals surface area contributed by atoms with Crippen molar-refractivity contribution in [3.8, 4) is 0 Å². The van der Waals surface area contributed by atoms with Crippen molar-refractivity contribution < 1.29 is 4.79 Å². The molecule has 0 saturated carbocycles. The van der Waals surface area contributed by atoms with Crippen LogP contribution in [0.3, 0.4) is 0 Å². The number of aryl methyl sites for hydroxylation is 1. The molecule has 1 atom stereocenters. The third-order valence-electron chi connectivity index (χ3n) is 2.59. The van der Waals surface area contributed by atoms with Crippen LogP contribution in [-0.2, 0) is 4.79 Å². The molecule has 0 aromatic carbocycles. The van der Waals surface area contributed by atoms with Crippen LogP contribution in [0.25, 0.3) is 0 Å². The van der Waals surface area contributed by atoms with Crippen molar-refractivity contribution >= 4 is 23.5 Å². The summed E-state index contributed by atoms with van der Waals surface area (Å²) < 4.78 is 0. The number of carbonyl (C=O) groups is 1. The number of aromatic nitrogens is 2. The van der Waals surface area contributed by atoms with E-state index in [0.717, 1.165) is 5.69 Å². The second-order valence-electron chi connectivity index (χ2n) is 3.94. The van der Waals surface area contributed by atoms with Crippen LogP contribution in [-0.4, -0.2) is 29.0 Å². The Bertz CT molecular complexity index is 403. The minimum Gasteiger partial charge on any atom is -0.330 e. The van der Waals surface area contributed by atoms with E-state index in [4.69, 9.17) is 17.3 Å². The summed E-state index contributed by atoms with van der Waals surface area (Å²) >= 11 is 5.83. The summed E-state index contributed by atoms with van der Waals surface area (Å²) in [7, 11) is 0. The molecule has 1 aromatic rings. The Morgan fingerprint density at radius 2 is 2.38 bits per heavy atom. The topological polar surface area (TPSA) is 72.1 Å². The van der Waals surface area contributed by atoms with Gasteiger partial charge < -0.3 is 5.73 Å². The van der Waals surface area contributed by atoms with E-state index in [1.165, 1.54) is 0 Å². The summed E-state index contributed by atoms with van der Waals surface area (Å²) in [6.45, 7) is 2.90. The molecule has 0 aliphatic carbocycles. The zero-order valence-corrected chi connectivity index (χ0v) is 9.74. The van der Waals surface area contributed by atoms with Gasteiger partial charge in [0.05, 0.1) is 0 Å². The van der Waals surface area contributed by atoms with E-state index in [9.17, 15) is 4.79 Å². The smallest absolute Gasteiger partial charge is 0.233 e. The number of nitrogens with two attached hydrogens (primary N) is 1. The maximum Gasteiger partial charge on any atom is 0.233 e. The number of hydrogen-bond acceptors (Lipinski definition) is 4. The molecule has 1 aromatic heterocycles. The third kappa shape index (κ3) is 2.15. The summed E-state index contributed by atoms with van der Waals surface area (Å²) in [5.41, 5.74) is 6.30. The highest BCUT2D eigenvalue weighted by atomic mass is 35.5. The highest BCUT2D eigenvalue weighted by Gasteiger charge is 2.31. The van der Waals surface area contributed by atoms with Crippen molar-refractivity contribution in [1.29, 1.82) is 0 Å². The minimum atomic E-state index is 0.0112. The molecule has 1 aliphatic heterocycles. The molecule has 5 nitrogen and oxygen atoms in total. The molecule has 16 heavy (non-hydrogen) atoms. The Kier molecular flexibility index (Phi) is 3.07. The van der Waals surface area contributed by atoms with Crippen molar-refractivity contribution in [2.45, 2.75) is 13.3 Å². The number of hydrogen-bond donors (Lipinski definition) is 1. The Morgan fingerprint density at radius 3 is 2.94 bits per heavy atom. The van der Waals surface area contributed by atoms with Gasteiger partial charge in [0, 0.05) is 18.7 Å². The predicted octanol–water partition coefficient (Wildman–Crippen LogP) is 0.750. The highest BCUT2D eigenvalue weighted by Crippen LogP contribution is 2.22. The first-order valence-corrected chi connectivity index (χ1v) is 5.49. The van der Waals surface area contributed by atoms with Crippen molar-refractivity contribution in [2.24, 2.45) is 11.7 Å². The SMILES string of the molecule is Cc1cc(Cl)nc(N2CC(CN)CC2=O)n1. The van der Waals surface area contributed by atoms with Crippen LogP contribution in [0.5, 0.6) is 0 Å². The first kappa shape index (κ1) is 11.3. The maximum atomic E-state index is 11.7. The molecule has 0 bridgehead atoms. The third-order valence-corrected chi connectivity index (χ3v) is 2.78. The second-order valence-corrected chi connectivity index (χ2v) is 4.33. The number of amides is 1. The van der Waals surface area contributed by atoms with Gasteiger partial charge in [-0.1, -0.05) is 11.6 Å². The molecule has 1 amide bonds. The van der Waals surface area contributed by atoms with Crippen LogP contribution in [0, 0.1) is 12.8 Å². The maximum absolute atomic E-state index is 11.7. The van der Waals surface area contributed by atoms with Crippen molar-refractivity contribution in [1.82, 2.24) is 9.97 Å². The fraction of sp³-hybridized carbons (Fsp3) is 0.500. The molecule has 6 heteroatoms. The Balaban J connectivity index is 2.27. The lowest BCUT2D eigenvalue weighted by Gasteiger charge is -2.14. The largest absolute Gasteiger partial charge is 0.330 e. The molecule has 2 heterocycles. The normalized spacial score (nSPS) is 20.6. The van der Waals surface area contributed by atoms with Crippen LogP contribution in [0.4, 0.5) is 5.95 Å². The van der Waals surface area contributed by atoms with E-state index in [1.54, 1.807) is 11.0 Å². The van der Waals surface area contributed by atoms with Crippen molar-refractivity contribution in [3.63, 3.8) is 0 Å². The van der Waals surface area contributed by atoms with Gasteiger partial charge in [0.2, 0.25) is 11.9 Å². The van der Waals surface area contributed by atoms with E-state index in [1.807, 2.05) is 6.92 Å². The monoisotopic (exact) mass is 240 g/mol. The summed E-state index contributed by atoms with van der Waals surface area (Å²) in [5, 5.41) is 0.353. The summed E-state index contributed by atoms with van der Waals surface area (Å²) in [6, 6.07) is 1.66. The molecule has 1 fully saturated rings. The number of rotatable bonds is 2. The first-order valence-electron chi connectivity index (χ1n) is 5.11. The van der Waals surface area contributed by atoms with Gasteiger partial charge in [0.15, 0.2) is 0 Å². The zero-order chi connectivity index (χ0) is 11.7. The number of nitrogens with zero attached hydrogens (tertiary/aromatic N) is 3. The van der Waals surface area contributed by atoms with Gasteiger partial charge in [-0.2, -0.15) is 0 Å². The standard InChI is InChI=1S/C10H13ClN4O/c1-6-2-8(11)14-10(13-6)15-5-7(4-12)3-9(15)16/h2,7H,3-5,12H2,1H3. The molecule has 1 aliphatic rings. The van der Waals surface area contributed by atoms with Gasteiger partial charge in [-0.3, -0.25) is 9.69 Å². The van der Waals surface area contributed by atoms with Crippen LogP contribution < -0.4 is 10.6 Å². The van der Waals surface area contributed by atoms with Crippen LogP contribution in [0.1, 0.15) is 12.1 Å². The summed E-state index contributed by atoms with van der Waals surface area (Å²) in [5.74, 6) is 0.582. The molecular formula is C10H13ClN4O. The van der Waals surface area contributed by atoms with Gasteiger partial charge in [-0.15, -0.1) is 0 Å². The molecule has 0 radical (unpaired) electrons. The molecule has 2 rings (SSSR count). The number of carbonyl (C=O) groups excluding carboxylic acids is 1. The van der Waals surface area contributed by atoms with Gasteiger partial charge in [-0.05, 0) is 25.5 Å². The Labute approximate surface area is 98.6 Å². The van der Waals surface area contributed by atoms with E-state index < -0.39 is 0 Å². The number of halogens is 1. The molecule has 1 unspecified atom stereocenters. The van der Waals surface area contributed by atoms with Crippen molar-refractivity contribution in [3.05, 3.63) is 16.9 Å². The quantitative estimate of drug-likeness (QED) is 0.775. The molecule has 86 valence electrons. The van der Waals surface area contributed by atoms with E-state index >= 15 is 0 Å². The van der Waals surface area contributed by atoms with E-state index in [2.05, 4.69) is 9.97 Å². The average Bonchev–Trinajstić information content (AvgIpc) is 2.58. The molecule has 2 N–H and O–H groups in total. The summed E-state index contributed by atoms with van der Waals surface area (Å²) in [4.78, 5) is 21.5. The fourth-order valence-electron chi connectivity index (χ4n) is 1.77. The lowest BCUT2D eigenvalue weighted by molar-refractivity contribution is -0.117. The lowest BCUT2D eigenvalue weighted by atomic mass is 10.1. The molecule has 0 spiro atoms. The summed E-state index contributed by atoms with van der Waals surface area (Å²) in [6.07, 6.45) is 0.464. The highest BCUT2D eigenvalue weighted by molar-refractivity contribution is 6.29. The predicted molar refractivity (Wildman–Crippen MR) is 61.3 cm³/mol. The minimum absolute atomic E-state index is 0.0112. The Morgan fingerprint density at radius 1 is 1.62 bits per heavy atom. The average molecular weight is 241 g/mol. The van der Waals surface area contributed by atoms with Gasteiger partial charge in [-0.25, -0.2) is 9.97 Å². The van der Waals surface area contributed by atoms with Gasteiger partial charge >= 0.3 is 0 Å². The van der Waals surface area contributed by atoms with Crippen LogP contribution in [0.2, 0.25) is 5.15 Å². The van der Waals surface area contributed by atoms with Gasteiger partial charge in [0.25, 0.3) is 0 Å². The van der Waals surface area contributed by atoms with E-state index in [-0.39, 0.29) is 11.8 Å². The number of anilines is 1. The van der Waals surface area contributed by atoms with Crippen molar-refractivity contribution in [2.75, 3.05) is 18.0 Å². The zero-order valence-electron chi connectivity index (χ0n) is 8.98. The van der Waals surface area contributed by atoms with E-state index in [0.29, 0.717) is 30.6 Å². The molecule has 1 saturated heterocycles. The van der Waals surface area contributed by atoms with Crippen LogP contribution in [0.15, 0.2) is 6.07 Å².